The van der Waals surface area contributed by atoms with Gasteiger partial charge in [-0.2, -0.15) is 8.78 Å². The highest BCUT2D eigenvalue weighted by Crippen LogP contribution is 2.36. The van der Waals surface area contributed by atoms with E-state index in [2.05, 4.69) is 47.6 Å². The third-order valence-electron chi connectivity index (χ3n) is 7.41. The molecule has 4 rings (SSSR count). The Morgan fingerprint density at radius 3 is 2.15 bits per heavy atom. The predicted octanol–water partition coefficient (Wildman–Crippen LogP) is 10.5. The van der Waals surface area contributed by atoms with Gasteiger partial charge in [-0.25, -0.2) is 4.79 Å². The lowest BCUT2D eigenvalue weighted by atomic mass is 9.94. The maximum absolute atomic E-state index is 15.0. The number of halogens is 3. The molecule has 0 saturated carbocycles. The Balaban J connectivity index is 1.32. The zero-order chi connectivity index (χ0) is 32.9. The summed E-state index contributed by atoms with van der Waals surface area (Å²) in [7, 11) is 0. The van der Waals surface area contributed by atoms with Gasteiger partial charge in [-0.05, 0) is 108 Å². The molecule has 0 fully saturated rings. The minimum Gasteiger partial charge on any atom is -0.494 e. The van der Waals surface area contributed by atoms with Gasteiger partial charge in [-0.3, -0.25) is 0 Å². The molecule has 0 spiro atoms. The number of benzene rings is 4. The highest BCUT2D eigenvalue weighted by Gasteiger charge is 2.34. The van der Waals surface area contributed by atoms with E-state index in [4.69, 9.17) is 19.6 Å². The van der Waals surface area contributed by atoms with Crippen LogP contribution in [0, 0.1) is 5.41 Å². The lowest BCUT2D eigenvalue weighted by Gasteiger charge is -2.19. The first-order valence-electron chi connectivity index (χ1n) is 15.4. The molecule has 0 aliphatic carbocycles. The topological polar surface area (TPSA) is 68.6 Å². The molecule has 0 aromatic heterocycles. The highest BCUT2D eigenvalue weighted by molar-refractivity contribution is 9.10. The Kier molecular flexibility index (Phi) is 12.7. The van der Waals surface area contributed by atoms with Gasteiger partial charge in [0.25, 0.3) is 0 Å². The summed E-state index contributed by atoms with van der Waals surface area (Å²) in [5.41, 5.74) is 5.33. The summed E-state index contributed by atoms with van der Waals surface area (Å²) in [6, 6.07) is 24.3. The minimum atomic E-state index is -3.54. The first-order valence-corrected chi connectivity index (χ1v) is 16.2. The molecule has 4 aromatic rings. The van der Waals surface area contributed by atoms with Crippen LogP contribution in [-0.2, 0) is 22.1 Å². The minimum absolute atomic E-state index is 0.0254. The number of alkyl halides is 2. The molecule has 0 amide bonds. The van der Waals surface area contributed by atoms with Crippen molar-refractivity contribution in [3.05, 3.63) is 119 Å². The maximum Gasteiger partial charge on any atom is 0.426 e. The van der Waals surface area contributed by atoms with E-state index in [1.54, 1.807) is 12.1 Å². The molecule has 0 aliphatic heterocycles. The first-order chi connectivity index (χ1) is 22.2. The van der Waals surface area contributed by atoms with Crippen molar-refractivity contribution in [2.75, 3.05) is 13.2 Å². The SMILES string of the molecule is C=CC(=O)OCCCCCCOc1ccc(C(F)(F)Oc2ccc(-c3ccc(-c4ccc(CCC)cc4Br)cc3C=N)cc2)cc1. The number of aryl methyl sites for hydroxylation is 1. The van der Waals surface area contributed by atoms with E-state index in [0.29, 0.717) is 19.0 Å². The van der Waals surface area contributed by atoms with Crippen molar-refractivity contribution in [3.8, 4) is 33.8 Å². The van der Waals surface area contributed by atoms with Crippen molar-refractivity contribution in [2.45, 2.75) is 51.6 Å². The van der Waals surface area contributed by atoms with Crippen LogP contribution in [-0.4, -0.2) is 25.4 Å². The molecule has 0 saturated heterocycles. The van der Waals surface area contributed by atoms with Crippen LogP contribution in [0.25, 0.3) is 22.3 Å². The molecule has 1 N–H and O–H groups in total. The van der Waals surface area contributed by atoms with Crippen molar-refractivity contribution >= 4 is 28.1 Å². The number of esters is 1. The fourth-order valence-electron chi connectivity index (χ4n) is 4.98. The fourth-order valence-corrected chi connectivity index (χ4v) is 5.64. The van der Waals surface area contributed by atoms with Crippen molar-refractivity contribution in [3.63, 3.8) is 0 Å². The number of carbonyl (C=O) groups excluding carboxylic acids is 1. The molecular formula is C38H38BrF2NO4. The first kappa shape index (κ1) is 34.6. The smallest absolute Gasteiger partial charge is 0.426 e. The monoisotopic (exact) mass is 689 g/mol. The summed E-state index contributed by atoms with van der Waals surface area (Å²) >= 11 is 3.69. The van der Waals surface area contributed by atoms with Gasteiger partial charge in [0.1, 0.15) is 11.5 Å². The normalized spacial score (nSPS) is 11.1. The summed E-state index contributed by atoms with van der Waals surface area (Å²) in [5, 5.41) is 8.02. The molecule has 8 heteroatoms. The average Bonchev–Trinajstić information content (AvgIpc) is 3.06. The van der Waals surface area contributed by atoms with Crippen molar-refractivity contribution < 1.29 is 27.8 Å². The molecule has 0 radical (unpaired) electrons. The van der Waals surface area contributed by atoms with Gasteiger partial charge in [-0.15, -0.1) is 0 Å². The van der Waals surface area contributed by atoms with E-state index in [-0.39, 0.29) is 11.3 Å². The number of carbonyl (C=O) groups is 1. The second-order valence-electron chi connectivity index (χ2n) is 10.8. The third-order valence-corrected chi connectivity index (χ3v) is 8.07. The highest BCUT2D eigenvalue weighted by atomic mass is 79.9. The lowest BCUT2D eigenvalue weighted by Crippen LogP contribution is -2.21. The predicted molar refractivity (Wildman–Crippen MR) is 183 cm³/mol. The Morgan fingerprint density at radius 1 is 0.848 bits per heavy atom. The molecule has 0 heterocycles. The zero-order valence-corrected chi connectivity index (χ0v) is 27.5. The van der Waals surface area contributed by atoms with E-state index < -0.39 is 12.1 Å². The lowest BCUT2D eigenvalue weighted by molar-refractivity contribution is -0.185. The van der Waals surface area contributed by atoms with E-state index in [0.717, 1.165) is 76.9 Å². The zero-order valence-electron chi connectivity index (χ0n) is 25.9. The molecule has 0 unspecified atom stereocenters. The van der Waals surface area contributed by atoms with E-state index in [1.165, 1.54) is 48.2 Å². The van der Waals surface area contributed by atoms with Crippen molar-refractivity contribution in [2.24, 2.45) is 0 Å². The summed E-state index contributed by atoms with van der Waals surface area (Å²) < 4.78 is 46.7. The van der Waals surface area contributed by atoms with Crippen LogP contribution in [0.2, 0.25) is 0 Å². The van der Waals surface area contributed by atoms with E-state index in [1.807, 2.05) is 18.2 Å². The molecule has 0 aliphatic rings. The van der Waals surface area contributed by atoms with Gasteiger partial charge < -0.3 is 19.6 Å². The van der Waals surface area contributed by atoms with E-state index in [9.17, 15) is 4.79 Å². The number of hydrogen-bond acceptors (Lipinski definition) is 5. The van der Waals surface area contributed by atoms with Gasteiger partial charge >= 0.3 is 12.1 Å². The fraction of sp³-hybridized carbons (Fsp3) is 0.263. The van der Waals surface area contributed by atoms with Crippen LogP contribution < -0.4 is 9.47 Å². The van der Waals surface area contributed by atoms with Crippen LogP contribution >= 0.6 is 15.9 Å². The summed E-state index contributed by atoms with van der Waals surface area (Å²) in [4.78, 5) is 11.0. The van der Waals surface area contributed by atoms with E-state index >= 15 is 8.78 Å². The summed E-state index contributed by atoms with van der Waals surface area (Å²) in [6.07, 6.45) is 4.33. The third kappa shape index (κ3) is 9.60. The number of hydrogen-bond donors (Lipinski definition) is 1. The Hall–Kier alpha value is -4.30. The molecular weight excluding hydrogens is 652 g/mol. The van der Waals surface area contributed by atoms with Gasteiger partial charge in [0.05, 0.1) is 18.8 Å². The van der Waals surface area contributed by atoms with Gasteiger partial charge in [0.15, 0.2) is 0 Å². The second-order valence-corrected chi connectivity index (χ2v) is 11.7. The molecule has 0 atom stereocenters. The van der Waals surface area contributed by atoms with Crippen LogP contribution in [0.1, 0.15) is 55.7 Å². The molecule has 240 valence electrons. The van der Waals surface area contributed by atoms with Gasteiger partial charge in [0.2, 0.25) is 0 Å². The number of nitrogens with one attached hydrogen (secondary N) is 1. The van der Waals surface area contributed by atoms with Gasteiger partial charge in [0, 0.05) is 22.3 Å². The summed E-state index contributed by atoms with van der Waals surface area (Å²) in [6.45, 7) is 6.32. The van der Waals surface area contributed by atoms with Crippen molar-refractivity contribution in [1.82, 2.24) is 0 Å². The van der Waals surface area contributed by atoms with Crippen LogP contribution in [0.5, 0.6) is 11.5 Å². The van der Waals surface area contributed by atoms with Gasteiger partial charge in [-0.1, -0.05) is 72.3 Å². The average molecular weight is 691 g/mol. The Bertz CT molecular complexity index is 1620. The molecule has 0 bridgehead atoms. The second kappa shape index (κ2) is 16.9. The molecule has 5 nitrogen and oxygen atoms in total. The van der Waals surface area contributed by atoms with Crippen LogP contribution in [0.3, 0.4) is 0 Å². The number of rotatable bonds is 17. The molecule has 4 aromatic carbocycles. The van der Waals surface area contributed by atoms with Crippen molar-refractivity contribution in [1.29, 1.82) is 5.41 Å². The standard InChI is InChI=1S/C38H38BrF2NO4/c1-3-9-27-10-20-35(36(39)24-27)29-13-21-34(30(25-29)26-42)28-11-16-33(17-12-28)46-38(40,41)31-14-18-32(19-15-31)44-22-7-5-6-8-23-45-37(43)4-2/h4,10-21,24-26,42H,2-3,5-9,22-23H2,1H3. The maximum atomic E-state index is 15.0. The largest absolute Gasteiger partial charge is 0.494 e. The number of ether oxygens (including phenoxy) is 3. The number of unbranched alkanes of at least 4 members (excludes halogenated alkanes) is 3. The van der Waals surface area contributed by atoms with Crippen LogP contribution in [0.15, 0.2) is 102 Å². The Morgan fingerprint density at radius 2 is 1.50 bits per heavy atom. The summed E-state index contributed by atoms with van der Waals surface area (Å²) in [5.74, 6) is 0.101. The molecule has 46 heavy (non-hydrogen) atoms. The van der Waals surface area contributed by atoms with Crippen LogP contribution in [0.4, 0.5) is 8.78 Å². The quantitative estimate of drug-likeness (QED) is 0.0518. The Labute approximate surface area is 277 Å².